The Labute approximate surface area is 108 Å². The van der Waals surface area contributed by atoms with E-state index in [0.717, 1.165) is 37.3 Å². The van der Waals surface area contributed by atoms with E-state index in [1.54, 1.807) is 6.20 Å². The number of aryl methyl sites for hydroxylation is 1. The van der Waals surface area contributed by atoms with Crippen LogP contribution in [0.25, 0.3) is 0 Å². The Morgan fingerprint density at radius 1 is 1.61 bits per heavy atom. The summed E-state index contributed by atoms with van der Waals surface area (Å²) in [6.45, 7) is 5.83. The number of nitrogens with zero attached hydrogens (tertiary/aromatic N) is 2. The Morgan fingerprint density at radius 3 is 3.06 bits per heavy atom. The van der Waals surface area contributed by atoms with Gasteiger partial charge < -0.3 is 5.32 Å². The van der Waals surface area contributed by atoms with Gasteiger partial charge >= 0.3 is 0 Å². The zero-order valence-corrected chi connectivity index (χ0v) is 11.1. The van der Waals surface area contributed by atoms with E-state index < -0.39 is 0 Å². The minimum Gasteiger partial charge on any atom is -0.315 e. The highest BCUT2D eigenvalue weighted by Gasteiger charge is 2.27. The Kier molecular flexibility index (Phi) is 4.31. The summed E-state index contributed by atoms with van der Waals surface area (Å²) in [5.41, 5.74) is 1.06. The monoisotopic (exact) mass is 247 g/mol. The van der Waals surface area contributed by atoms with Crippen molar-refractivity contribution in [1.82, 2.24) is 10.3 Å². The fourth-order valence-electron chi connectivity index (χ4n) is 2.45. The van der Waals surface area contributed by atoms with Gasteiger partial charge in [0.15, 0.2) is 0 Å². The van der Waals surface area contributed by atoms with Crippen LogP contribution in [-0.4, -0.2) is 30.0 Å². The molecular formula is C14H21N3O. The van der Waals surface area contributed by atoms with Gasteiger partial charge in [-0.2, -0.15) is 0 Å². The standard InChI is InChI=1S/C14H21N3O/c1-3-13(18)17(12-7-5-8-15-10-12)14-11(2)6-4-9-16-14/h4,6,9,12,15H,3,5,7-8,10H2,1-2H3. The molecule has 2 heterocycles. The van der Waals surface area contributed by atoms with E-state index in [1.807, 2.05) is 30.9 Å². The van der Waals surface area contributed by atoms with E-state index >= 15 is 0 Å². The summed E-state index contributed by atoms with van der Waals surface area (Å²) in [6, 6.07) is 4.15. The van der Waals surface area contributed by atoms with E-state index in [0.29, 0.717) is 6.42 Å². The minimum atomic E-state index is 0.158. The number of pyridine rings is 1. The molecule has 1 saturated heterocycles. The molecule has 4 nitrogen and oxygen atoms in total. The first-order valence-corrected chi connectivity index (χ1v) is 6.68. The summed E-state index contributed by atoms with van der Waals surface area (Å²) in [5, 5.41) is 3.36. The molecule has 0 radical (unpaired) electrons. The predicted octanol–water partition coefficient (Wildman–Crippen LogP) is 1.89. The normalized spacial score (nSPS) is 19.6. The maximum atomic E-state index is 12.2. The fourth-order valence-corrected chi connectivity index (χ4v) is 2.45. The van der Waals surface area contributed by atoms with Gasteiger partial charge in [-0.05, 0) is 37.9 Å². The minimum absolute atomic E-state index is 0.158. The maximum absolute atomic E-state index is 12.2. The number of hydrogen-bond donors (Lipinski definition) is 1. The zero-order valence-electron chi connectivity index (χ0n) is 11.1. The van der Waals surface area contributed by atoms with Crippen LogP contribution in [0.4, 0.5) is 5.82 Å². The lowest BCUT2D eigenvalue weighted by Gasteiger charge is -2.34. The molecule has 0 saturated carbocycles. The lowest BCUT2D eigenvalue weighted by molar-refractivity contribution is -0.118. The van der Waals surface area contributed by atoms with Crippen LogP contribution in [0.15, 0.2) is 18.3 Å². The number of hydrogen-bond acceptors (Lipinski definition) is 3. The van der Waals surface area contributed by atoms with Gasteiger partial charge in [0.25, 0.3) is 0 Å². The van der Waals surface area contributed by atoms with Gasteiger partial charge in [-0.3, -0.25) is 9.69 Å². The molecule has 0 spiro atoms. The molecule has 1 aliphatic heterocycles. The molecule has 4 heteroatoms. The third kappa shape index (κ3) is 2.70. The van der Waals surface area contributed by atoms with Gasteiger partial charge in [0.1, 0.15) is 5.82 Å². The van der Waals surface area contributed by atoms with Crippen molar-refractivity contribution in [2.75, 3.05) is 18.0 Å². The topological polar surface area (TPSA) is 45.2 Å². The van der Waals surface area contributed by atoms with E-state index in [2.05, 4.69) is 10.3 Å². The number of carbonyl (C=O) groups excluding carboxylic acids is 1. The molecule has 0 bridgehead atoms. The van der Waals surface area contributed by atoms with Crippen molar-refractivity contribution >= 4 is 11.7 Å². The molecular weight excluding hydrogens is 226 g/mol. The van der Waals surface area contributed by atoms with Crippen LogP contribution < -0.4 is 10.2 Å². The molecule has 1 atom stereocenters. The molecule has 1 aromatic heterocycles. The second-order valence-corrected chi connectivity index (χ2v) is 4.76. The largest absolute Gasteiger partial charge is 0.315 e. The molecule has 98 valence electrons. The fraction of sp³-hybridized carbons (Fsp3) is 0.571. The summed E-state index contributed by atoms with van der Waals surface area (Å²) >= 11 is 0. The third-order valence-corrected chi connectivity index (χ3v) is 3.42. The summed E-state index contributed by atoms with van der Waals surface area (Å²) in [6.07, 6.45) is 4.44. The summed E-state index contributed by atoms with van der Waals surface area (Å²) in [4.78, 5) is 18.5. The van der Waals surface area contributed by atoms with Gasteiger partial charge in [-0.1, -0.05) is 13.0 Å². The second kappa shape index (κ2) is 5.96. The van der Waals surface area contributed by atoms with Crippen LogP contribution in [0.2, 0.25) is 0 Å². The van der Waals surface area contributed by atoms with Crippen molar-refractivity contribution in [2.24, 2.45) is 0 Å². The van der Waals surface area contributed by atoms with Crippen LogP contribution in [-0.2, 0) is 4.79 Å². The van der Waals surface area contributed by atoms with Crippen LogP contribution in [0.1, 0.15) is 31.7 Å². The van der Waals surface area contributed by atoms with Gasteiger partial charge in [0.05, 0.1) is 6.04 Å². The smallest absolute Gasteiger partial charge is 0.228 e. The zero-order chi connectivity index (χ0) is 13.0. The van der Waals surface area contributed by atoms with Crippen molar-refractivity contribution < 1.29 is 4.79 Å². The van der Waals surface area contributed by atoms with Gasteiger partial charge in [0, 0.05) is 19.2 Å². The van der Waals surface area contributed by atoms with Crippen molar-refractivity contribution in [3.05, 3.63) is 23.9 Å². The first kappa shape index (κ1) is 13.0. The number of aromatic nitrogens is 1. The predicted molar refractivity (Wildman–Crippen MR) is 72.6 cm³/mol. The number of anilines is 1. The van der Waals surface area contributed by atoms with Crippen molar-refractivity contribution in [3.8, 4) is 0 Å². The number of amides is 1. The molecule has 1 amide bonds. The Hall–Kier alpha value is -1.42. The van der Waals surface area contributed by atoms with E-state index in [1.165, 1.54) is 0 Å². The molecule has 0 aromatic carbocycles. The van der Waals surface area contributed by atoms with Crippen LogP contribution >= 0.6 is 0 Å². The Bertz CT molecular complexity index is 413. The molecule has 0 aliphatic carbocycles. The summed E-state index contributed by atoms with van der Waals surface area (Å²) in [7, 11) is 0. The highest BCUT2D eigenvalue weighted by Crippen LogP contribution is 2.22. The Balaban J connectivity index is 2.30. The van der Waals surface area contributed by atoms with Gasteiger partial charge in [-0.15, -0.1) is 0 Å². The molecule has 2 rings (SSSR count). The Morgan fingerprint density at radius 2 is 2.44 bits per heavy atom. The maximum Gasteiger partial charge on any atom is 0.228 e. The SMILES string of the molecule is CCC(=O)N(c1ncccc1C)C1CCCNC1. The van der Waals surface area contributed by atoms with Crippen molar-refractivity contribution in [1.29, 1.82) is 0 Å². The second-order valence-electron chi connectivity index (χ2n) is 4.76. The molecule has 1 fully saturated rings. The lowest BCUT2D eigenvalue weighted by Crippen LogP contribution is -2.49. The summed E-state index contributed by atoms with van der Waals surface area (Å²) < 4.78 is 0. The van der Waals surface area contributed by atoms with Gasteiger partial charge in [0.2, 0.25) is 5.91 Å². The highest BCUT2D eigenvalue weighted by molar-refractivity contribution is 5.93. The molecule has 1 aromatic rings. The quantitative estimate of drug-likeness (QED) is 0.887. The lowest BCUT2D eigenvalue weighted by atomic mass is 10.0. The number of piperidine rings is 1. The average molecular weight is 247 g/mol. The first-order chi connectivity index (χ1) is 8.74. The van der Waals surface area contributed by atoms with Gasteiger partial charge in [-0.25, -0.2) is 4.98 Å². The molecule has 18 heavy (non-hydrogen) atoms. The molecule has 1 unspecified atom stereocenters. The number of carbonyl (C=O) groups is 1. The third-order valence-electron chi connectivity index (χ3n) is 3.42. The average Bonchev–Trinajstić information content (AvgIpc) is 2.42. The van der Waals surface area contributed by atoms with E-state index in [4.69, 9.17) is 0 Å². The van der Waals surface area contributed by atoms with Crippen LogP contribution in [0.3, 0.4) is 0 Å². The van der Waals surface area contributed by atoms with E-state index in [-0.39, 0.29) is 11.9 Å². The number of rotatable bonds is 3. The first-order valence-electron chi connectivity index (χ1n) is 6.68. The van der Waals surface area contributed by atoms with Crippen molar-refractivity contribution in [3.63, 3.8) is 0 Å². The molecule has 1 aliphatic rings. The van der Waals surface area contributed by atoms with Crippen LogP contribution in [0.5, 0.6) is 0 Å². The van der Waals surface area contributed by atoms with E-state index in [9.17, 15) is 4.79 Å². The molecule has 1 N–H and O–H groups in total. The summed E-state index contributed by atoms with van der Waals surface area (Å²) in [5.74, 6) is 0.976. The van der Waals surface area contributed by atoms with Crippen LogP contribution in [0, 0.1) is 6.92 Å². The highest BCUT2D eigenvalue weighted by atomic mass is 16.2. The van der Waals surface area contributed by atoms with Crippen molar-refractivity contribution in [2.45, 2.75) is 39.2 Å². The number of nitrogens with one attached hydrogen (secondary N) is 1.